The molecule has 3 saturated carbocycles. The molecule has 0 aliphatic heterocycles. The molecule has 3 fully saturated rings. The fraction of sp³-hybridized carbons (Fsp3) is 0.654. The standard InChI is InChI=1S/C26H36N2O2S/c1-18-6-9-21(10-7-18)31(29,30)28-27-20-12-16-26(3)19(17-20)8-11-22-23-5-4-14-25(23,2)15-13-24(22)26/h4,6-7,9-10,14,19,22-24,28H,5,8,11-13,15-17H2,1-3H3/b27-20-/t19-,22-,23+,24-,25-,26-/m0/s1. The number of sulfonamides is 1. The van der Waals surface area contributed by atoms with Crippen LogP contribution in [0.4, 0.5) is 0 Å². The first kappa shape index (κ1) is 21.2. The van der Waals surface area contributed by atoms with Crippen molar-refractivity contribution in [1.29, 1.82) is 0 Å². The number of benzene rings is 1. The summed E-state index contributed by atoms with van der Waals surface area (Å²) in [6, 6.07) is 6.93. The van der Waals surface area contributed by atoms with Crippen LogP contribution in [0.5, 0.6) is 0 Å². The highest BCUT2D eigenvalue weighted by Gasteiger charge is 2.56. The number of rotatable bonds is 3. The molecular weight excluding hydrogens is 404 g/mol. The lowest BCUT2D eigenvalue weighted by Gasteiger charge is -2.59. The van der Waals surface area contributed by atoms with Crippen molar-refractivity contribution in [3.05, 3.63) is 42.0 Å². The van der Waals surface area contributed by atoms with Crippen molar-refractivity contribution < 1.29 is 8.42 Å². The van der Waals surface area contributed by atoms with Crippen LogP contribution in [0.1, 0.15) is 70.8 Å². The van der Waals surface area contributed by atoms with Gasteiger partial charge in [-0.05, 0) is 105 Å². The molecule has 31 heavy (non-hydrogen) atoms. The van der Waals surface area contributed by atoms with Crippen molar-refractivity contribution in [2.24, 2.45) is 39.6 Å². The van der Waals surface area contributed by atoms with E-state index in [0.717, 1.165) is 48.3 Å². The molecule has 4 nitrogen and oxygen atoms in total. The minimum atomic E-state index is -3.60. The molecule has 0 saturated heterocycles. The van der Waals surface area contributed by atoms with Gasteiger partial charge in [-0.15, -0.1) is 0 Å². The molecule has 6 atom stereocenters. The van der Waals surface area contributed by atoms with Gasteiger partial charge in [0.15, 0.2) is 0 Å². The Bertz CT molecular complexity index is 1010. The highest BCUT2D eigenvalue weighted by molar-refractivity contribution is 7.89. The lowest BCUT2D eigenvalue weighted by atomic mass is 9.45. The van der Waals surface area contributed by atoms with Gasteiger partial charge in [0.2, 0.25) is 0 Å². The summed E-state index contributed by atoms with van der Waals surface area (Å²) in [6.45, 7) is 6.97. The molecule has 0 spiro atoms. The number of hydrogen-bond donors (Lipinski definition) is 1. The Balaban J connectivity index is 1.29. The third-order valence-electron chi connectivity index (χ3n) is 9.48. The maximum absolute atomic E-state index is 12.6. The Morgan fingerprint density at radius 1 is 1.03 bits per heavy atom. The lowest BCUT2D eigenvalue weighted by Crippen LogP contribution is -2.52. The predicted octanol–water partition coefficient (Wildman–Crippen LogP) is 5.84. The summed E-state index contributed by atoms with van der Waals surface area (Å²) < 4.78 is 25.3. The Hall–Kier alpha value is -1.62. The van der Waals surface area contributed by atoms with Gasteiger partial charge >= 0.3 is 0 Å². The summed E-state index contributed by atoms with van der Waals surface area (Å²) in [4.78, 5) is 2.79. The predicted molar refractivity (Wildman–Crippen MR) is 125 cm³/mol. The number of hydrazone groups is 1. The van der Waals surface area contributed by atoms with Crippen LogP contribution in [-0.2, 0) is 10.0 Å². The highest BCUT2D eigenvalue weighted by Crippen LogP contribution is 2.64. The number of allylic oxidation sites excluding steroid dienone is 2. The zero-order valence-electron chi connectivity index (χ0n) is 19.1. The van der Waals surface area contributed by atoms with E-state index in [1.165, 1.54) is 32.1 Å². The molecule has 0 bridgehead atoms. The minimum absolute atomic E-state index is 0.277. The van der Waals surface area contributed by atoms with Crippen LogP contribution in [0.15, 0.2) is 46.4 Å². The second-order valence-electron chi connectivity index (χ2n) is 11.1. The van der Waals surface area contributed by atoms with Crippen molar-refractivity contribution in [1.82, 2.24) is 4.83 Å². The SMILES string of the molecule is Cc1ccc(S(=O)(=O)N/N=C2/CC[C@@]3(C)[C@@H](CC[C@H]4[C@H]5CC=C[C@@]5(C)CC[C@@H]43)C2)cc1. The van der Waals surface area contributed by atoms with E-state index < -0.39 is 10.0 Å². The number of nitrogens with zero attached hydrogens (tertiary/aromatic N) is 1. The fourth-order valence-corrected chi connectivity index (χ4v) is 8.39. The van der Waals surface area contributed by atoms with Gasteiger partial charge in [0.25, 0.3) is 10.0 Å². The average molecular weight is 441 g/mol. The number of nitrogens with one attached hydrogen (secondary N) is 1. The molecular formula is C26H36N2O2S. The van der Waals surface area contributed by atoms with Gasteiger partial charge in [-0.1, -0.05) is 43.7 Å². The van der Waals surface area contributed by atoms with Crippen molar-refractivity contribution >= 4 is 15.7 Å². The van der Waals surface area contributed by atoms with E-state index in [2.05, 4.69) is 35.9 Å². The molecule has 5 rings (SSSR count). The fourth-order valence-electron chi connectivity index (χ4n) is 7.54. The molecule has 0 amide bonds. The summed E-state index contributed by atoms with van der Waals surface area (Å²) in [7, 11) is -3.60. The zero-order chi connectivity index (χ0) is 21.9. The molecule has 0 unspecified atom stereocenters. The second kappa shape index (κ2) is 7.47. The smallest absolute Gasteiger partial charge is 0.200 e. The topological polar surface area (TPSA) is 58.5 Å². The van der Waals surface area contributed by atoms with Crippen LogP contribution >= 0.6 is 0 Å². The van der Waals surface area contributed by atoms with E-state index in [0.29, 0.717) is 16.7 Å². The van der Waals surface area contributed by atoms with Crippen LogP contribution in [0.2, 0.25) is 0 Å². The Labute approximate surface area is 187 Å². The molecule has 1 N–H and O–H groups in total. The van der Waals surface area contributed by atoms with Crippen molar-refractivity contribution in [2.75, 3.05) is 0 Å². The molecule has 5 heteroatoms. The molecule has 4 aliphatic rings. The lowest BCUT2D eigenvalue weighted by molar-refractivity contribution is -0.0853. The molecule has 0 radical (unpaired) electrons. The Morgan fingerprint density at radius 3 is 2.58 bits per heavy atom. The maximum Gasteiger partial charge on any atom is 0.276 e. The average Bonchev–Trinajstić information content (AvgIpc) is 3.14. The van der Waals surface area contributed by atoms with Crippen LogP contribution in [0, 0.1) is 41.4 Å². The van der Waals surface area contributed by atoms with Gasteiger partial charge in [-0.3, -0.25) is 0 Å². The van der Waals surface area contributed by atoms with Crippen molar-refractivity contribution in [2.45, 2.75) is 77.0 Å². The van der Waals surface area contributed by atoms with E-state index in [-0.39, 0.29) is 4.90 Å². The van der Waals surface area contributed by atoms with E-state index in [9.17, 15) is 8.42 Å². The monoisotopic (exact) mass is 440 g/mol. The van der Waals surface area contributed by atoms with E-state index in [1.807, 2.05) is 19.1 Å². The molecule has 168 valence electrons. The van der Waals surface area contributed by atoms with Crippen LogP contribution in [0.25, 0.3) is 0 Å². The van der Waals surface area contributed by atoms with Crippen molar-refractivity contribution in [3.63, 3.8) is 0 Å². The van der Waals surface area contributed by atoms with Gasteiger partial charge in [0.1, 0.15) is 0 Å². The van der Waals surface area contributed by atoms with E-state index in [1.54, 1.807) is 12.1 Å². The van der Waals surface area contributed by atoms with Gasteiger partial charge in [-0.2, -0.15) is 13.5 Å². The number of aryl methyl sites for hydroxylation is 1. The summed E-state index contributed by atoms with van der Waals surface area (Å²) in [6.07, 6.45) is 14.5. The maximum atomic E-state index is 12.6. The quantitative estimate of drug-likeness (QED) is 0.474. The van der Waals surface area contributed by atoms with Gasteiger partial charge in [-0.25, -0.2) is 4.83 Å². The van der Waals surface area contributed by atoms with Crippen LogP contribution in [0.3, 0.4) is 0 Å². The summed E-state index contributed by atoms with van der Waals surface area (Å²) in [5, 5.41) is 4.41. The molecule has 0 heterocycles. The molecule has 1 aromatic rings. The third kappa shape index (κ3) is 3.57. The zero-order valence-corrected chi connectivity index (χ0v) is 19.9. The third-order valence-corrected chi connectivity index (χ3v) is 10.7. The summed E-state index contributed by atoms with van der Waals surface area (Å²) in [5.41, 5.74) is 2.88. The summed E-state index contributed by atoms with van der Waals surface area (Å²) >= 11 is 0. The molecule has 4 aliphatic carbocycles. The number of fused-ring (bicyclic) bond motifs is 5. The van der Waals surface area contributed by atoms with Crippen LogP contribution < -0.4 is 4.83 Å². The Kier molecular flexibility index (Phi) is 5.12. The minimum Gasteiger partial charge on any atom is -0.200 e. The molecule has 1 aromatic carbocycles. The summed E-state index contributed by atoms with van der Waals surface area (Å²) in [5.74, 6) is 3.13. The van der Waals surface area contributed by atoms with Gasteiger partial charge < -0.3 is 0 Å². The van der Waals surface area contributed by atoms with E-state index in [4.69, 9.17) is 0 Å². The van der Waals surface area contributed by atoms with E-state index >= 15 is 0 Å². The largest absolute Gasteiger partial charge is 0.276 e. The highest BCUT2D eigenvalue weighted by atomic mass is 32.2. The number of hydrogen-bond acceptors (Lipinski definition) is 3. The Morgan fingerprint density at radius 2 is 1.81 bits per heavy atom. The first-order chi connectivity index (χ1) is 14.7. The van der Waals surface area contributed by atoms with Gasteiger partial charge in [0.05, 0.1) is 4.90 Å². The second-order valence-corrected chi connectivity index (χ2v) is 12.8. The van der Waals surface area contributed by atoms with Gasteiger partial charge in [0, 0.05) is 5.71 Å². The normalized spacial score (nSPS) is 40.8. The first-order valence-corrected chi connectivity index (χ1v) is 13.5. The van der Waals surface area contributed by atoms with Crippen molar-refractivity contribution in [3.8, 4) is 0 Å². The molecule has 0 aromatic heterocycles. The van der Waals surface area contributed by atoms with Crippen LogP contribution in [-0.4, -0.2) is 14.1 Å². The first-order valence-electron chi connectivity index (χ1n) is 12.0.